The van der Waals surface area contributed by atoms with Crippen LogP contribution in [0.15, 0.2) is 240 Å². The van der Waals surface area contributed by atoms with Gasteiger partial charge in [-0.15, -0.1) is 0 Å². The van der Waals surface area contributed by atoms with Gasteiger partial charge in [-0.25, -0.2) is 4.98 Å². The van der Waals surface area contributed by atoms with Crippen molar-refractivity contribution in [2.24, 2.45) is 0 Å². The van der Waals surface area contributed by atoms with Gasteiger partial charge in [0.05, 0.1) is 22.4 Å². The third-order valence-electron chi connectivity index (χ3n) is 11.9. The molecule has 10 aromatic carbocycles. The van der Waals surface area contributed by atoms with E-state index in [-0.39, 0.29) is 0 Å². The number of fused-ring (bicyclic) bond motifs is 8. The summed E-state index contributed by atoms with van der Waals surface area (Å²) in [6, 6.07) is 82.7. The molecule has 2 heterocycles. The average molecular weight is 811 g/mol. The molecule has 0 spiro atoms. The molecule has 292 valence electrons. The van der Waals surface area contributed by atoms with Crippen molar-refractivity contribution in [1.82, 2.24) is 9.55 Å². The van der Waals surface area contributed by atoms with Crippen molar-refractivity contribution in [1.29, 1.82) is 0 Å². The summed E-state index contributed by atoms with van der Waals surface area (Å²) in [7, 11) is 0. The van der Waals surface area contributed by atoms with Gasteiger partial charge in [0.2, 0.25) is 0 Å². The van der Waals surface area contributed by atoms with Gasteiger partial charge in [-0.1, -0.05) is 151 Å². The highest BCUT2D eigenvalue weighted by atomic mass is 32.2. The first-order valence-electron chi connectivity index (χ1n) is 21.0. The van der Waals surface area contributed by atoms with Crippen LogP contribution in [0.25, 0.3) is 60.8 Å². The van der Waals surface area contributed by atoms with E-state index in [4.69, 9.17) is 4.98 Å². The second-order valence-electron chi connectivity index (χ2n) is 15.6. The van der Waals surface area contributed by atoms with Crippen molar-refractivity contribution in [2.75, 3.05) is 9.80 Å². The number of benzene rings is 10. The van der Waals surface area contributed by atoms with E-state index in [0.717, 1.165) is 56.2 Å². The zero-order valence-corrected chi connectivity index (χ0v) is 34.5. The van der Waals surface area contributed by atoms with Gasteiger partial charge in [0, 0.05) is 54.6 Å². The minimum atomic E-state index is 0.905. The Balaban J connectivity index is 1.02. The van der Waals surface area contributed by atoms with E-state index in [1.165, 1.54) is 48.5 Å². The Morgan fingerprint density at radius 2 is 0.871 bits per heavy atom. The Hall–Kier alpha value is -7.86. The molecule has 0 radical (unpaired) electrons. The number of para-hydroxylation sites is 3. The van der Waals surface area contributed by atoms with E-state index >= 15 is 0 Å². The van der Waals surface area contributed by atoms with Crippen LogP contribution in [0.2, 0.25) is 0 Å². The summed E-state index contributed by atoms with van der Waals surface area (Å²) in [4.78, 5) is 12.7. The first-order chi connectivity index (χ1) is 30.8. The SMILES string of the molecule is c1ccc(-c2ccc(N(c3ccc(-c4nc5c6ccccc6c6ccccc6c5n4-c4ccccc4)cc3)c3ccc4c(c3)Sc3ccccc3N4c3ccccc3)cc2)cc1. The molecule has 0 aliphatic carbocycles. The van der Waals surface area contributed by atoms with Gasteiger partial charge in [0.25, 0.3) is 0 Å². The number of rotatable bonds is 7. The lowest BCUT2D eigenvalue weighted by Crippen LogP contribution is -2.16. The molecule has 0 saturated heterocycles. The molecule has 0 atom stereocenters. The Morgan fingerprint density at radius 3 is 1.56 bits per heavy atom. The second-order valence-corrected chi connectivity index (χ2v) is 16.7. The molecule has 1 aliphatic rings. The number of hydrogen-bond donors (Lipinski definition) is 0. The number of nitrogens with zero attached hydrogens (tertiary/aromatic N) is 4. The van der Waals surface area contributed by atoms with E-state index < -0.39 is 0 Å². The lowest BCUT2D eigenvalue weighted by molar-refractivity contribution is 1.11. The monoisotopic (exact) mass is 810 g/mol. The predicted octanol–water partition coefficient (Wildman–Crippen LogP) is 16.1. The van der Waals surface area contributed by atoms with E-state index in [9.17, 15) is 0 Å². The van der Waals surface area contributed by atoms with Gasteiger partial charge in [0.15, 0.2) is 0 Å². The second kappa shape index (κ2) is 15.0. The van der Waals surface area contributed by atoms with Crippen molar-refractivity contribution in [2.45, 2.75) is 9.79 Å². The van der Waals surface area contributed by atoms with Gasteiger partial charge in [-0.05, 0) is 113 Å². The average Bonchev–Trinajstić information content (AvgIpc) is 3.76. The molecule has 1 aromatic heterocycles. The molecule has 62 heavy (non-hydrogen) atoms. The fourth-order valence-electron chi connectivity index (χ4n) is 9.11. The molecule has 0 saturated carbocycles. The van der Waals surface area contributed by atoms with Crippen molar-refractivity contribution < 1.29 is 0 Å². The molecule has 0 amide bonds. The van der Waals surface area contributed by atoms with Crippen LogP contribution in [0, 0.1) is 0 Å². The molecule has 0 bridgehead atoms. The third kappa shape index (κ3) is 6.05. The summed E-state index contributed by atoms with van der Waals surface area (Å²) in [5, 5.41) is 4.77. The van der Waals surface area contributed by atoms with Crippen molar-refractivity contribution in [3.63, 3.8) is 0 Å². The summed E-state index contributed by atoms with van der Waals surface area (Å²) in [6.45, 7) is 0. The van der Waals surface area contributed by atoms with Gasteiger partial charge in [0.1, 0.15) is 5.82 Å². The maximum atomic E-state index is 5.51. The molecular weight excluding hydrogens is 773 g/mol. The largest absolute Gasteiger partial charge is 0.310 e. The maximum Gasteiger partial charge on any atom is 0.145 e. The van der Waals surface area contributed by atoms with Crippen molar-refractivity contribution >= 4 is 78.5 Å². The van der Waals surface area contributed by atoms with Gasteiger partial charge < -0.3 is 9.80 Å². The minimum absolute atomic E-state index is 0.905. The fourth-order valence-corrected chi connectivity index (χ4v) is 10.2. The predicted molar refractivity (Wildman–Crippen MR) is 260 cm³/mol. The first kappa shape index (κ1) is 36.0. The Morgan fingerprint density at radius 1 is 0.371 bits per heavy atom. The molecule has 4 nitrogen and oxygen atoms in total. The van der Waals surface area contributed by atoms with Crippen LogP contribution in [0.3, 0.4) is 0 Å². The summed E-state index contributed by atoms with van der Waals surface area (Å²) >= 11 is 1.83. The summed E-state index contributed by atoms with van der Waals surface area (Å²) < 4.78 is 2.34. The molecule has 0 fully saturated rings. The van der Waals surface area contributed by atoms with Crippen LogP contribution in [0.1, 0.15) is 0 Å². The van der Waals surface area contributed by atoms with Crippen LogP contribution in [-0.2, 0) is 0 Å². The summed E-state index contributed by atoms with van der Waals surface area (Å²) in [5.41, 5.74) is 13.3. The smallest absolute Gasteiger partial charge is 0.145 e. The number of aromatic nitrogens is 2. The fraction of sp³-hybridized carbons (Fsp3) is 0. The van der Waals surface area contributed by atoms with Crippen LogP contribution in [0.4, 0.5) is 34.1 Å². The number of imidazole rings is 1. The number of hydrogen-bond acceptors (Lipinski definition) is 4. The van der Waals surface area contributed by atoms with Gasteiger partial charge in [-0.2, -0.15) is 0 Å². The van der Waals surface area contributed by atoms with Crippen molar-refractivity contribution in [3.8, 4) is 28.2 Å². The quantitative estimate of drug-likeness (QED) is 0.150. The number of anilines is 6. The van der Waals surface area contributed by atoms with Crippen molar-refractivity contribution in [3.05, 3.63) is 231 Å². The van der Waals surface area contributed by atoms with E-state index in [2.05, 4.69) is 245 Å². The topological polar surface area (TPSA) is 24.3 Å². The zero-order chi connectivity index (χ0) is 41.0. The molecule has 12 rings (SSSR count). The highest BCUT2D eigenvalue weighted by molar-refractivity contribution is 7.99. The Labute approximate surface area is 364 Å². The van der Waals surface area contributed by atoms with Crippen LogP contribution >= 0.6 is 11.8 Å². The Kier molecular flexibility index (Phi) is 8.72. The lowest BCUT2D eigenvalue weighted by Gasteiger charge is -2.34. The minimum Gasteiger partial charge on any atom is -0.310 e. The molecule has 5 heteroatoms. The van der Waals surface area contributed by atoms with Crippen LogP contribution in [-0.4, -0.2) is 9.55 Å². The normalized spacial score (nSPS) is 12.1. The zero-order valence-electron chi connectivity index (χ0n) is 33.6. The Bertz CT molecular complexity index is 3420. The standard InChI is InChI=1S/C57H38N4S/c1-4-16-39(17-5-1)40-28-32-44(33-29-40)59(46-36-37-52-54(38-46)62-53-27-15-14-26-51(53)60(52)42-18-6-2-7-19-42)45-34-30-41(31-35-45)57-58-55-49-24-12-10-22-47(49)48-23-11-13-25-50(48)56(55)61(57)43-20-8-3-9-21-43/h1-38H. The molecular formula is C57H38N4S. The van der Waals surface area contributed by atoms with E-state index in [0.29, 0.717) is 0 Å². The van der Waals surface area contributed by atoms with Gasteiger partial charge >= 0.3 is 0 Å². The van der Waals surface area contributed by atoms with E-state index in [1.807, 2.05) is 11.8 Å². The highest BCUT2D eigenvalue weighted by Gasteiger charge is 2.27. The first-order valence-corrected chi connectivity index (χ1v) is 21.8. The highest BCUT2D eigenvalue weighted by Crippen LogP contribution is 2.53. The van der Waals surface area contributed by atoms with Crippen LogP contribution in [0.5, 0.6) is 0 Å². The third-order valence-corrected chi connectivity index (χ3v) is 13.1. The molecule has 0 N–H and O–H groups in total. The van der Waals surface area contributed by atoms with Gasteiger partial charge in [-0.3, -0.25) is 4.57 Å². The molecule has 11 aromatic rings. The molecule has 0 unspecified atom stereocenters. The molecule has 1 aliphatic heterocycles. The summed E-state index contributed by atoms with van der Waals surface area (Å²) in [5.74, 6) is 0.905. The van der Waals surface area contributed by atoms with E-state index in [1.54, 1.807) is 0 Å². The summed E-state index contributed by atoms with van der Waals surface area (Å²) in [6.07, 6.45) is 0. The maximum absolute atomic E-state index is 5.51. The van der Waals surface area contributed by atoms with Crippen LogP contribution < -0.4 is 9.80 Å². The lowest BCUT2D eigenvalue weighted by atomic mass is 10.00.